The number of nitrogens with one attached hydrogen (secondary N) is 2. The lowest BCUT2D eigenvalue weighted by atomic mass is 9.78. The Hall–Kier alpha value is -3.37. The fourth-order valence-electron chi connectivity index (χ4n) is 5.00. The molecule has 10 heteroatoms. The first kappa shape index (κ1) is 29.6. The third kappa shape index (κ3) is 6.18. The average molecular weight is 549 g/mol. The van der Waals surface area contributed by atoms with Crippen LogP contribution in [0.15, 0.2) is 48.5 Å². The molecule has 2 heterocycles. The maximum atomic E-state index is 13.3. The maximum absolute atomic E-state index is 13.3. The van der Waals surface area contributed by atoms with E-state index < -0.39 is 36.5 Å². The van der Waals surface area contributed by atoms with E-state index in [-0.39, 0.29) is 17.7 Å². The molecular formula is C30H40BN3O6. The summed E-state index contributed by atoms with van der Waals surface area (Å²) in [7, 11) is 0.825. The van der Waals surface area contributed by atoms with Gasteiger partial charge in [-0.05, 0) is 75.2 Å². The van der Waals surface area contributed by atoms with Crippen LogP contribution in [0.25, 0.3) is 11.1 Å². The quantitative estimate of drug-likeness (QED) is 0.507. The Morgan fingerprint density at radius 3 is 2.25 bits per heavy atom. The summed E-state index contributed by atoms with van der Waals surface area (Å²) in [6, 6.07) is 14.3. The maximum Gasteiger partial charge on any atom is 0.494 e. The fourth-order valence-corrected chi connectivity index (χ4v) is 5.00. The van der Waals surface area contributed by atoms with Crippen molar-refractivity contribution in [3.8, 4) is 11.1 Å². The van der Waals surface area contributed by atoms with E-state index in [0.717, 1.165) is 16.6 Å². The third-order valence-electron chi connectivity index (χ3n) is 8.13. The van der Waals surface area contributed by atoms with E-state index in [1.165, 1.54) is 7.11 Å². The monoisotopic (exact) mass is 549 g/mol. The number of alkyl carbamates (subject to hydrolysis) is 1. The van der Waals surface area contributed by atoms with Crippen molar-refractivity contribution in [2.45, 2.75) is 77.7 Å². The number of likely N-dealkylation sites (tertiary alicyclic amines) is 1. The van der Waals surface area contributed by atoms with Gasteiger partial charge in [0.1, 0.15) is 12.1 Å². The minimum Gasteiger partial charge on any atom is -0.453 e. The first-order chi connectivity index (χ1) is 18.8. The van der Waals surface area contributed by atoms with Gasteiger partial charge in [-0.25, -0.2) is 4.79 Å². The number of ether oxygens (including phenoxy) is 1. The molecule has 0 radical (unpaired) electrons. The molecule has 0 bridgehead atoms. The molecular weight excluding hydrogens is 509 g/mol. The zero-order valence-electron chi connectivity index (χ0n) is 24.4. The number of carbonyl (C=O) groups excluding carboxylic acids is 3. The lowest BCUT2D eigenvalue weighted by Gasteiger charge is -2.32. The van der Waals surface area contributed by atoms with E-state index in [4.69, 9.17) is 9.31 Å². The summed E-state index contributed by atoms with van der Waals surface area (Å²) in [6.45, 7) is 12.3. The van der Waals surface area contributed by atoms with Gasteiger partial charge in [-0.15, -0.1) is 0 Å². The molecule has 2 fully saturated rings. The van der Waals surface area contributed by atoms with Crippen LogP contribution < -0.4 is 16.1 Å². The third-order valence-corrected chi connectivity index (χ3v) is 8.13. The Labute approximate surface area is 237 Å². The molecule has 2 saturated heterocycles. The van der Waals surface area contributed by atoms with Crippen LogP contribution in [-0.2, 0) is 23.6 Å². The zero-order chi connectivity index (χ0) is 29.2. The molecule has 9 nitrogen and oxygen atoms in total. The predicted octanol–water partition coefficient (Wildman–Crippen LogP) is 3.96. The van der Waals surface area contributed by atoms with Crippen LogP contribution in [0.4, 0.5) is 10.5 Å². The summed E-state index contributed by atoms with van der Waals surface area (Å²) in [5.74, 6) is -0.697. The largest absolute Gasteiger partial charge is 0.494 e. The Morgan fingerprint density at radius 2 is 1.65 bits per heavy atom. The molecule has 2 aliphatic heterocycles. The molecule has 0 unspecified atom stereocenters. The standard InChI is InChI=1S/C30H40BN3O6/c1-19(2)25(33-28(37)38-7)27(36)34-17-9-12-24(34)26(35)32-23-11-8-10-21(18-23)20-13-15-22(16-14-20)31-39-29(3,4)30(5,6)40-31/h8,10-11,13-16,18-19,24-25H,9,12,17H2,1-7H3,(H,32,35)(H,33,37)/t24-,25-/m0/s1. The van der Waals surface area contributed by atoms with E-state index in [1.54, 1.807) is 4.90 Å². The second-order valence-electron chi connectivity index (χ2n) is 11.8. The van der Waals surface area contributed by atoms with Gasteiger partial charge >= 0.3 is 13.2 Å². The van der Waals surface area contributed by atoms with Crippen molar-refractivity contribution >= 4 is 36.2 Å². The Kier molecular flexibility index (Phi) is 8.61. The SMILES string of the molecule is COC(=O)N[C@H](C(=O)N1CCC[C@H]1C(=O)Nc1cccc(-c2ccc(B3OC(C)(C)C(C)(C)O3)cc2)c1)C(C)C. The van der Waals surface area contributed by atoms with E-state index in [0.29, 0.717) is 25.1 Å². The first-order valence-corrected chi connectivity index (χ1v) is 13.8. The van der Waals surface area contributed by atoms with Crippen molar-refractivity contribution in [1.29, 1.82) is 0 Å². The number of benzene rings is 2. The molecule has 2 N–H and O–H groups in total. The number of carbonyl (C=O) groups is 3. The molecule has 2 aromatic carbocycles. The Morgan fingerprint density at radius 1 is 1.00 bits per heavy atom. The number of hydrogen-bond acceptors (Lipinski definition) is 6. The lowest BCUT2D eigenvalue weighted by Crippen LogP contribution is -2.54. The van der Waals surface area contributed by atoms with Gasteiger partial charge in [0.15, 0.2) is 0 Å². The molecule has 3 amide bonds. The lowest BCUT2D eigenvalue weighted by molar-refractivity contribution is -0.139. The fraction of sp³-hybridized carbons (Fsp3) is 0.500. The van der Waals surface area contributed by atoms with Crippen LogP contribution in [0, 0.1) is 5.92 Å². The minimum absolute atomic E-state index is 0.163. The van der Waals surface area contributed by atoms with Gasteiger partial charge in [0, 0.05) is 12.2 Å². The van der Waals surface area contributed by atoms with Crippen LogP contribution >= 0.6 is 0 Å². The van der Waals surface area contributed by atoms with Crippen LogP contribution in [0.5, 0.6) is 0 Å². The highest BCUT2D eigenvalue weighted by Gasteiger charge is 2.51. The molecule has 4 rings (SSSR count). The van der Waals surface area contributed by atoms with Crippen molar-refractivity contribution < 1.29 is 28.4 Å². The topological polar surface area (TPSA) is 106 Å². The van der Waals surface area contributed by atoms with Crippen molar-refractivity contribution in [3.05, 3.63) is 48.5 Å². The van der Waals surface area contributed by atoms with Crippen LogP contribution in [0.2, 0.25) is 0 Å². The van der Waals surface area contributed by atoms with Gasteiger partial charge in [0.05, 0.1) is 18.3 Å². The van der Waals surface area contributed by atoms with Crippen molar-refractivity contribution in [3.63, 3.8) is 0 Å². The number of nitrogens with zero attached hydrogens (tertiary/aromatic N) is 1. The molecule has 0 spiro atoms. The van der Waals surface area contributed by atoms with Gasteiger partial charge in [0.25, 0.3) is 0 Å². The van der Waals surface area contributed by atoms with E-state index in [9.17, 15) is 14.4 Å². The highest BCUT2D eigenvalue weighted by Crippen LogP contribution is 2.36. The van der Waals surface area contributed by atoms with Crippen LogP contribution in [0.3, 0.4) is 0 Å². The molecule has 2 atom stereocenters. The smallest absolute Gasteiger partial charge is 0.453 e. The molecule has 0 saturated carbocycles. The number of anilines is 1. The van der Waals surface area contributed by atoms with Crippen molar-refractivity contribution in [1.82, 2.24) is 10.2 Å². The van der Waals surface area contributed by atoms with Crippen molar-refractivity contribution in [2.75, 3.05) is 19.0 Å². The molecule has 40 heavy (non-hydrogen) atoms. The second kappa shape index (κ2) is 11.6. The molecule has 0 aromatic heterocycles. The molecule has 214 valence electrons. The Bertz CT molecular complexity index is 1230. The van der Waals surface area contributed by atoms with Gasteiger partial charge in [-0.2, -0.15) is 0 Å². The molecule has 2 aromatic rings. The summed E-state index contributed by atoms with van der Waals surface area (Å²) in [4.78, 5) is 40.0. The van der Waals surface area contributed by atoms with Crippen LogP contribution in [0.1, 0.15) is 54.4 Å². The summed E-state index contributed by atoms with van der Waals surface area (Å²) in [5, 5.41) is 5.60. The highest BCUT2D eigenvalue weighted by molar-refractivity contribution is 6.62. The van der Waals surface area contributed by atoms with Gasteiger partial charge in [-0.3, -0.25) is 9.59 Å². The van der Waals surface area contributed by atoms with Gasteiger partial charge in [-0.1, -0.05) is 50.2 Å². The zero-order valence-corrected chi connectivity index (χ0v) is 24.4. The average Bonchev–Trinajstić information content (AvgIpc) is 3.48. The first-order valence-electron chi connectivity index (χ1n) is 13.8. The second-order valence-corrected chi connectivity index (χ2v) is 11.8. The summed E-state index contributed by atoms with van der Waals surface area (Å²) in [5.41, 5.74) is 2.71. The summed E-state index contributed by atoms with van der Waals surface area (Å²) >= 11 is 0. The number of methoxy groups -OCH3 is 1. The number of hydrogen-bond donors (Lipinski definition) is 2. The number of rotatable bonds is 7. The highest BCUT2D eigenvalue weighted by atomic mass is 16.7. The van der Waals surface area contributed by atoms with E-state index >= 15 is 0 Å². The normalized spacial score (nSPS) is 20.4. The van der Waals surface area contributed by atoms with Crippen LogP contribution in [-0.4, -0.2) is 66.9 Å². The van der Waals surface area contributed by atoms with Gasteiger partial charge in [0.2, 0.25) is 11.8 Å². The van der Waals surface area contributed by atoms with E-state index in [2.05, 4.69) is 15.4 Å². The molecule has 2 aliphatic rings. The minimum atomic E-state index is -0.774. The summed E-state index contributed by atoms with van der Waals surface area (Å²) in [6.07, 6.45) is 0.594. The van der Waals surface area contributed by atoms with Gasteiger partial charge < -0.3 is 29.6 Å². The number of amides is 3. The Balaban J connectivity index is 1.44. The van der Waals surface area contributed by atoms with E-state index in [1.807, 2.05) is 90.1 Å². The predicted molar refractivity (Wildman–Crippen MR) is 155 cm³/mol. The summed E-state index contributed by atoms with van der Waals surface area (Å²) < 4.78 is 17.0. The molecule has 0 aliphatic carbocycles. The van der Waals surface area contributed by atoms with Crippen molar-refractivity contribution in [2.24, 2.45) is 5.92 Å².